The van der Waals surface area contributed by atoms with Crippen LogP contribution in [0.2, 0.25) is 0 Å². The van der Waals surface area contributed by atoms with Gasteiger partial charge in [0.1, 0.15) is 11.4 Å². The summed E-state index contributed by atoms with van der Waals surface area (Å²) in [5.41, 5.74) is -0.217. The van der Waals surface area contributed by atoms with Crippen molar-refractivity contribution in [1.82, 2.24) is 10.2 Å². The zero-order valence-corrected chi connectivity index (χ0v) is 11.9. The molecule has 4 nitrogen and oxygen atoms in total. The molecule has 0 saturated carbocycles. The first-order chi connectivity index (χ1) is 9.29. The van der Waals surface area contributed by atoms with Crippen molar-refractivity contribution in [1.29, 1.82) is 0 Å². The van der Waals surface area contributed by atoms with Gasteiger partial charge >= 0.3 is 0 Å². The molecular formula is C15H19FN2O2. The molecule has 1 aromatic rings. The van der Waals surface area contributed by atoms with Crippen LogP contribution < -0.4 is 5.32 Å². The van der Waals surface area contributed by atoms with Gasteiger partial charge in [0, 0.05) is 19.0 Å². The summed E-state index contributed by atoms with van der Waals surface area (Å²) in [6, 6.07) is 5.95. The third-order valence-corrected chi connectivity index (χ3v) is 3.50. The topological polar surface area (TPSA) is 49.4 Å². The Hall–Kier alpha value is -1.91. The molecule has 0 radical (unpaired) electrons. The number of amides is 2. The third-order valence-electron chi connectivity index (χ3n) is 3.50. The van der Waals surface area contributed by atoms with Gasteiger partial charge < -0.3 is 10.2 Å². The molecule has 2 rings (SSSR count). The van der Waals surface area contributed by atoms with E-state index in [0.717, 1.165) is 5.56 Å². The number of carbonyl (C=O) groups excluding carboxylic acids is 2. The van der Waals surface area contributed by atoms with Crippen LogP contribution in [-0.2, 0) is 16.1 Å². The van der Waals surface area contributed by atoms with E-state index in [9.17, 15) is 14.0 Å². The van der Waals surface area contributed by atoms with Crippen LogP contribution in [0.15, 0.2) is 24.3 Å². The van der Waals surface area contributed by atoms with Crippen LogP contribution in [-0.4, -0.2) is 28.3 Å². The van der Waals surface area contributed by atoms with Gasteiger partial charge in [-0.1, -0.05) is 12.1 Å². The lowest BCUT2D eigenvalue weighted by Gasteiger charge is -2.32. The first-order valence-corrected chi connectivity index (χ1v) is 6.66. The van der Waals surface area contributed by atoms with Gasteiger partial charge in [-0.2, -0.15) is 0 Å². The summed E-state index contributed by atoms with van der Waals surface area (Å²) in [6.45, 7) is 5.50. The summed E-state index contributed by atoms with van der Waals surface area (Å²) >= 11 is 0. The number of rotatable bonds is 2. The Bertz CT molecular complexity index is 542. The number of nitrogens with zero attached hydrogens (tertiary/aromatic N) is 1. The minimum Gasteiger partial charge on any atom is -0.342 e. The van der Waals surface area contributed by atoms with Gasteiger partial charge in [-0.3, -0.25) is 9.59 Å². The highest BCUT2D eigenvalue weighted by Crippen LogP contribution is 2.20. The van der Waals surface area contributed by atoms with Crippen molar-refractivity contribution >= 4 is 11.8 Å². The standard InChI is InChI=1S/C15H19FN2O2/c1-10-7-13(19)17-15(2,3)14(20)18(10)9-11-5-4-6-12(16)8-11/h4-6,8,10H,7,9H2,1-3H3,(H,17,19). The van der Waals surface area contributed by atoms with Gasteiger partial charge in [-0.25, -0.2) is 4.39 Å². The van der Waals surface area contributed by atoms with E-state index >= 15 is 0 Å². The van der Waals surface area contributed by atoms with Crippen LogP contribution in [0.3, 0.4) is 0 Å². The molecule has 0 spiro atoms. The minimum atomic E-state index is -0.935. The molecule has 1 aromatic carbocycles. The highest BCUT2D eigenvalue weighted by atomic mass is 19.1. The second kappa shape index (κ2) is 5.23. The zero-order valence-electron chi connectivity index (χ0n) is 11.9. The van der Waals surface area contributed by atoms with Crippen molar-refractivity contribution in [2.45, 2.75) is 45.3 Å². The highest BCUT2D eigenvalue weighted by Gasteiger charge is 2.39. The molecule has 0 aromatic heterocycles. The maximum atomic E-state index is 13.2. The Morgan fingerprint density at radius 3 is 2.75 bits per heavy atom. The molecule has 1 atom stereocenters. The van der Waals surface area contributed by atoms with E-state index in [-0.39, 0.29) is 30.1 Å². The molecular weight excluding hydrogens is 259 g/mol. The Kier molecular flexibility index (Phi) is 3.79. The van der Waals surface area contributed by atoms with E-state index in [2.05, 4.69) is 5.32 Å². The van der Waals surface area contributed by atoms with Gasteiger partial charge in [0.25, 0.3) is 0 Å². The predicted octanol–water partition coefficient (Wildman–Crippen LogP) is 1.84. The quantitative estimate of drug-likeness (QED) is 0.897. The van der Waals surface area contributed by atoms with Crippen LogP contribution in [0.4, 0.5) is 4.39 Å². The van der Waals surface area contributed by atoms with Gasteiger partial charge in [-0.05, 0) is 38.5 Å². The van der Waals surface area contributed by atoms with Crippen molar-refractivity contribution in [3.63, 3.8) is 0 Å². The average molecular weight is 278 g/mol. The van der Waals surface area contributed by atoms with E-state index in [1.165, 1.54) is 12.1 Å². The summed E-state index contributed by atoms with van der Waals surface area (Å²) in [4.78, 5) is 25.9. The normalized spacial score (nSPS) is 22.4. The van der Waals surface area contributed by atoms with E-state index < -0.39 is 5.54 Å². The number of nitrogens with one attached hydrogen (secondary N) is 1. The van der Waals surface area contributed by atoms with E-state index in [1.54, 1.807) is 30.9 Å². The van der Waals surface area contributed by atoms with Gasteiger partial charge in [0.15, 0.2) is 0 Å². The van der Waals surface area contributed by atoms with Crippen molar-refractivity contribution in [3.05, 3.63) is 35.6 Å². The monoisotopic (exact) mass is 278 g/mol. The SMILES string of the molecule is CC1CC(=O)NC(C)(C)C(=O)N1Cc1cccc(F)c1. The van der Waals surface area contributed by atoms with Crippen LogP contribution >= 0.6 is 0 Å². The number of benzene rings is 1. The molecule has 1 heterocycles. The Labute approximate surface area is 118 Å². The molecule has 5 heteroatoms. The fourth-order valence-corrected chi connectivity index (χ4v) is 2.45. The average Bonchev–Trinajstić information content (AvgIpc) is 2.39. The number of carbonyl (C=O) groups is 2. The Balaban J connectivity index is 2.28. The summed E-state index contributed by atoms with van der Waals surface area (Å²) in [6.07, 6.45) is 0.254. The van der Waals surface area contributed by atoms with Crippen molar-refractivity contribution in [2.75, 3.05) is 0 Å². The molecule has 0 bridgehead atoms. The summed E-state index contributed by atoms with van der Waals surface area (Å²) < 4.78 is 13.2. The van der Waals surface area contributed by atoms with Crippen LogP contribution in [0.5, 0.6) is 0 Å². The largest absolute Gasteiger partial charge is 0.342 e. The first kappa shape index (κ1) is 14.5. The van der Waals surface area contributed by atoms with Crippen molar-refractivity contribution in [2.24, 2.45) is 0 Å². The molecule has 1 fully saturated rings. The zero-order chi connectivity index (χ0) is 14.9. The van der Waals surface area contributed by atoms with Gasteiger partial charge in [0.05, 0.1) is 0 Å². The molecule has 1 aliphatic heterocycles. The van der Waals surface area contributed by atoms with Crippen LogP contribution in [0.1, 0.15) is 32.8 Å². The second-order valence-electron chi connectivity index (χ2n) is 5.79. The van der Waals surface area contributed by atoms with Crippen molar-refractivity contribution < 1.29 is 14.0 Å². The summed E-state index contributed by atoms with van der Waals surface area (Å²) in [7, 11) is 0. The fraction of sp³-hybridized carbons (Fsp3) is 0.467. The molecule has 108 valence electrons. The van der Waals surface area contributed by atoms with E-state index in [4.69, 9.17) is 0 Å². The van der Waals surface area contributed by atoms with Crippen LogP contribution in [0, 0.1) is 5.82 Å². The first-order valence-electron chi connectivity index (χ1n) is 6.66. The Morgan fingerprint density at radius 1 is 1.40 bits per heavy atom. The molecule has 1 aliphatic rings. The molecule has 1 unspecified atom stereocenters. The summed E-state index contributed by atoms with van der Waals surface area (Å²) in [5, 5.41) is 2.72. The molecule has 0 aliphatic carbocycles. The predicted molar refractivity (Wildman–Crippen MR) is 73.3 cm³/mol. The molecule has 20 heavy (non-hydrogen) atoms. The summed E-state index contributed by atoms with van der Waals surface area (Å²) in [5.74, 6) is -0.622. The highest BCUT2D eigenvalue weighted by molar-refractivity contribution is 5.93. The smallest absolute Gasteiger partial charge is 0.248 e. The molecule has 1 N–H and O–H groups in total. The van der Waals surface area contributed by atoms with E-state index in [0.29, 0.717) is 6.54 Å². The maximum Gasteiger partial charge on any atom is 0.248 e. The second-order valence-corrected chi connectivity index (χ2v) is 5.79. The van der Waals surface area contributed by atoms with Gasteiger partial charge in [-0.15, -0.1) is 0 Å². The minimum absolute atomic E-state index is 0.141. The lowest BCUT2D eigenvalue weighted by molar-refractivity contribution is -0.139. The lowest BCUT2D eigenvalue weighted by Crippen LogP contribution is -2.53. The third kappa shape index (κ3) is 2.98. The van der Waals surface area contributed by atoms with Crippen LogP contribution in [0.25, 0.3) is 0 Å². The number of hydrogen-bond donors (Lipinski definition) is 1. The number of halogens is 1. The lowest BCUT2D eigenvalue weighted by atomic mass is 10.0. The van der Waals surface area contributed by atoms with E-state index in [1.807, 2.05) is 6.92 Å². The maximum absolute atomic E-state index is 13.2. The van der Waals surface area contributed by atoms with Gasteiger partial charge in [0.2, 0.25) is 11.8 Å². The molecule has 2 amide bonds. The number of hydrogen-bond acceptors (Lipinski definition) is 2. The molecule has 1 saturated heterocycles. The fourth-order valence-electron chi connectivity index (χ4n) is 2.45. The van der Waals surface area contributed by atoms with Crippen molar-refractivity contribution in [3.8, 4) is 0 Å². The Morgan fingerprint density at radius 2 is 2.10 bits per heavy atom.